The average molecular weight is 368 g/mol. The SMILES string of the molecule is CO[C-]=c1ccc2ccc3sc4ccc5ccc(=C=[O+]C)cc5c4c3c2c1. The van der Waals surface area contributed by atoms with Crippen LogP contribution in [0.25, 0.3) is 48.0 Å². The zero-order valence-electron chi connectivity index (χ0n) is 15.0. The van der Waals surface area contributed by atoms with Crippen molar-refractivity contribution in [3.63, 3.8) is 0 Å². The lowest BCUT2D eigenvalue weighted by Gasteiger charge is -2.07. The van der Waals surface area contributed by atoms with Crippen molar-refractivity contribution in [2.75, 3.05) is 14.2 Å². The van der Waals surface area contributed by atoms with Gasteiger partial charge in [0.25, 0.3) is 7.11 Å². The number of hydrogen-bond acceptors (Lipinski definition) is 2. The molecule has 0 atom stereocenters. The fourth-order valence-corrected chi connectivity index (χ4v) is 4.90. The van der Waals surface area contributed by atoms with E-state index in [1.807, 2.05) is 23.5 Å². The van der Waals surface area contributed by atoms with Crippen LogP contribution in [0.15, 0.2) is 60.7 Å². The molecule has 0 saturated heterocycles. The van der Waals surface area contributed by atoms with Crippen molar-refractivity contribution >= 4 is 65.3 Å². The number of thiophene rings is 1. The second-order valence-electron chi connectivity index (χ2n) is 6.46. The third kappa shape index (κ3) is 2.52. The van der Waals surface area contributed by atoms with E-state index in [-0.39, 0.29) is 0 Å². The third-order valence-corrected chi connectivity index (χ3v) is 6.00. The summed E-state index contributed by atoms with van der Waals surface area (Å²) in [5.74, 6) is 2.94. The van der Waals surface area contributed by atoms with E-state index in [1.54, 1.807) is 14.2 Å². The molecule has 2 nitrogen and oxygen atoms in total. The number of ether oxygens (including phenoxy) is 1. The van der Waals surface area contributed by atoms with Crippen molar-refractivity contribution in [2.45, 2.75) is 0 Å². The number of carbonyl (C=O) groups excluding carboxylic acids is 1. The first-order chi connectivity index (χ1) is 13.3. The molecule has 0 bridgehead atoms. The Morgan fingerprint density at radius 1 is 0.852 bits per heavy atom. The maximum absolute atomic E-state index is 5.10. The molecule has 0 amide bonds. The van der Waals surface area contributed by atoms with Crippen LogP contribution < -0.4 is 10.4 Å². The molecule has 0 radical (unpaired) electrons. The first kappa shape index (κ1) is 16.1. The monoisotopic (exact) mass is 368 g/mol. The van der Waals surface area contributed by atoms with E-state index < -0.39 is 0 Å². The molecule has 5 rings (SSSR count). The summed E-state index contributed by atoms with van der Waals surface area (Å²) < 4.78 is 12.8. The highest BCUT2D eigenvalue weighted by Gasteiger charge is 2.11. The molecule has 130 valence electrons. The highest BCUT2D eigenvalue weighted by molar-refractivity contribution is 7.26. The molecule has 0 aliphatic rings. The van der Waals surface area contributed by atoms with Gasteiger partial charge in [-0.3, -0.25) is 0 Å². The van der Waals surface area contributed by atoms with E-state index in [4.69, 9.17) is 9.16 Å². The van der Waals surface area contributed by atoms with Crippen LogP contribution in [0.4, 0.5) is 0 Å². The summed E-state index contributed by atoms with van der Waals surface area (Å²) >= 11 is 1.83. The molecule has 0 N–H and O–H groups in total. The molecule has 27 heavy (non-hydrogen) atoms. The molecular weight excluding hydrogens is 352 g/mol. The van der Waals surface area contributed by atoms with Crippen LogP contribution in [-0.2, 0) is 9.16 Å². The van der Waals surface area contributed by atoms with Crippen LogP contribution in [0.3, 0.4) is 0 Å². The molecule has 1 aromatic heterocycles. The lowest BCUT2D eigenvalue weighted by Crippen LogP contribution is -2.01. The molecule has 0 aliphatic carbocycles. The van der Waals surface area contributed by atoms with Crippen molar-refractivity contribution in [2.24, 2.45) is 0 Å². The Balaban J connectivity index is 2.07. The predicted molar refractivity (Wildman–Crippen MR) is 115 cm³/mol. The minimum atomic E-state index is 0.943. The van der Waals surface area contributed by atoms with Gasteiger partial charge in [0, 0.05) is 14.8 Å². The van der Waals surface area contributed by atoms with E-state index >= 15 is 0 Å². The second kappa shape index (κ2) is 6.24. The summed E-state index contributed by atoms with van der Waals surface area (Å²) in [7, 11) is 3.26. The number of hydrogen-bond donors (Lipinski definition) is 0. The number of fused-ring (bicyclic) bond motifs is 7. The number of benzene rings is 4. The largest absolute Gasteiger partial charge is 0.563 e. The smallest absolute Gasteiger partial charge is 0.352 e. The van der Waals surface area contributed by atoms with Gasteiger partial charge >= 0.3 is 5.94 Å². The van der Waals surface area contributed by atoms with Gasteiger partial charge in [-0.1, -0.05) is 23.6 Å². The quantitative estimate of drug-likeness (QED) is 0.319. The maximum Gasteiger partial charge on any atom is 0.352 e. The van der Waals surface area contributed by atoms with Gasteiger partial charge in [0.05, 0.1) is 7.11 Å². The first-order valence-electron chi connectivity index (χ1n) is 8.68. The molecule has 4 aromatic carbocycles. The predicted octanol–water partition coefficient (Wildman–Crippen LogP) is 4.29. The Morgan fingerprint density at radius 3 is 2.15 bits per heavy atom. The summed E-state index contributed by atoms with van der Waals surface area (Å²) in [6.45, 7) is 0. The fourth-order valence-electron chi connectivity index (χ4n) is 3.77. The highest BCUT2D eigenvalue weighted by Crippen LogP contribution is 2.41. The Kier molecular flexibility index (Phi) is 3.71. The molecule has 5 aromatic rings. The summed E-state index contributed by atoms with van der Waals surface area (Å²) in [5.41, 5.74) is 0. The van der Waals surface area contributed by atoms with Crippen molar-refractivity contribution in [1.82, 2.24) is 0 Å². The average Bonchev–Trinajstić information content (AvgIpc) is 3.08. The van der Waals surface area contributed by atoms with Gasteiger partial charge in [-0.05, 0) is 52.1 Å². The van der Waals surface area contributed by atoms with Gasteiger partial charge in [-0.25, -0.2) is 4.42 Å². The summed E-state index contributed by atoms with van der Waals surface area (Å²) in [4.78, 5) is 0. The van der Waals surface area contributed by atoms with Gasteiger partial charge in [-0.2, -0.15) is 17.4 Å². The van der Waals surface area contributed by atoms with Crippen LogP contribution in [-0.4, -0.2) is 20.2 Å². The minimum absolute atomic E-state index is 0.943. The maximum atomic E-state index is 5.10. The van der Waals surface area contributed by atoms with Gasteiger partial charge in [-0.15, -0.1) is 17.4 Å². The topological polar surface area (TPSA) is 20.5 Å². The zero-order chi connectivity index (χ0) is 18.4. The Hall–Kier alpha value is -3.13. The fraction of sp³-hybridized carbons (Fsp3) is 0.0833. The molecule has 0 fully saturated rings. The standard InChI is InChI=1S/C24H16O2S/c1-25-13-15-3-5-17-7-9-21-23(19(17)11-15)24-20-12-16(14-26-2)4-6-18(20)8-10-22(24)27-21/h3-12H,1-2H3. The van der Waals surface area contributed by atoms with Crippen LogP contribution in [0.5, 0.6) is 0 Å². The van der Waals surface area contributed by atoms with Crippen molar-refractivity contribution < 1.29 is 9.16 Å². The lowest BCUT2D eigenvalue weighted by atomic mass is 9.99. The summed E-state index contributed by atoms with van der Waals surface area (Å²) in [6, 6.07) is 21.4. The molecule has 0 aliphatic heterocycles. The highest BCUT2D eigenvalue weighted by atomic mass is 32.1. The Morgan fingerprint density at radius 2 is 1.48 bits per heavy atom. The molecule has 3 heteroatoms. The molecule has 0 spiro atoms. The molecule has 1 heterocycles. The Labute approximate surface area is 159 Å². The normalized spacial score (nSPS) is 12.1. The number of methoxy groups -OCH3 is 1. The van der Waals surface area contributed by atoms with Crippen molar-refractivity contribution in [3.05, 3.63) is 71.1 Å². The minimum Gasteiger partial charge on any atom is -0.563 e. The lowest BCUT2D eigenvalue weighted by molar-refractivity contribution is 0.188. The van der Waals surface area contributed by atoms with Crippen LogP contribution in [0.2, 0.25) is 0 Å². The van der Waals surface area contributed by atoms with Crippen LogP contribution >= 0.6 is 11.3 Å². The van der Waals surface area contributed by atoms with E-state index in [9.17, 15) is 0 Å². The summed E-state index contributed by atoms with van der Waals surface area (Å²) in [5, 5.41) is 9.33. The van der Waals surface area contributed by atoms with E-state index in [1.165, 1.54) is 41.7 Å². The van der Waals surface area contributed by atoms with Crippen LogP contribution in [0.1, 0.15) is 0 Å². The second-order valence-corrected chi connectivity index (χ2v) is 7.55. The Bertz CT molecular complexity index is 1500. The van der Waals surface area contributed by atoms with Gasteiger partial charge in [0.1, 0.15) is 5.22 Å². The number of rotatable bonds is 1. The summed E-state index contributed by atoms with van der Waals surface area (Å²) in [6.07, 6.45) is 2.94. The zero-order valence-corrected chi connectivity index (χ0v) is 15.8. The van der Waals surface area contributed by atoms with Crippen molar-refractivity contribution in [1.29, 1.82) is 0 Å². The molecular formula is C24H16O2S. The van der Waals surface area contributed by atoms with Crippen molar-refractivity contribution in [3.8, 4) is 0 Å². The van der Waals surface area contributed by atoms with Gasteiger partial charge < -0.3 is 4.74 Å². The van der Waals surface area contributed by atoms with E-state index in [0.717, 1.165) is 10.4 Å². The third-order valence-electron chi connectivity index (χ3n) is 4.88. The van der Waals surface area contributed by atoms with Gasteiger partial charge in [0.2, 0.25) is 0 Å². The van der Waals surface area contributed by atoms with Gasteiger partial charge in [0.15, 0.2) is 0 Å². The van der Waals surface area contributed by atoms with Crippen LogP contribution in [0, 0.1) is 0 Å². The molecule has 0 unspecified atom stereocenters. The first-order valence-corrected chi connectivity index (χ1v) is 9.50. The molecule has 0 saturated carbocycles. The van der Waals surface area contributed by atoms with E-state index in [2.05, 4.69) is 60.7 Å². The van der Waals surface area contributed by atoms with E-state index in [0.29, 0.717) is 0 Å².